The van der Waals surface area contributed by atoms with Gasteiger partial charge in [0.25, 0.3) is 0 Å². The van der Waals surface area contributed by atoms with Gasteiger partial charge in [-0.25, -0.2) is 0 Å². The molecule has 3 heterocycles. The number of piperidine rings is 1. The average Bonchev–Trinajstić information content (AvgIpc) is 3.50. The highest BCUT2D eigenvalue weighted by Gasteiger charge is 2.26. The lowest BCUT2D eigenvalue weighted by Gasteiger charge is -2.32. The minimum Gasteiger partial charge on any atom is -0.495 e. The molecule has 0 aliphatic carbocycles. The van der Waals surface area contributed by atoms with E-state index in [0.29, 0.717) is 12.0 Å². The molecular formula is C24H35N5OS. The number of hydrogen-bond donors (Lipinski definition) is 2. The summed E-state index contributed by atoms with van der Waals surface area (Å²) in [5, 5.41) is 9.38. The largest absolute Gasteiger partial charge is 0.495 e. The minimum absolute atomic E-state index is 0.392. The van der Waals surface area contributed by atoms with Crippen LogP contribution in [0.15, 0.2) is 46.8 Å². The Bertz CT molecular complexity index is 832. The van der Waals surface area contributed by atoms with E-state index in [9.17, 15) is 0 Å². The van der Waals surface area contributed by atoms with E-state index >= 15 is 0 Å². The van der Waals surface area contributed by atoms with E-state index in [1.54, 1.807) is 7.11 Å². The number of guanidine groups is 1. The normalized spacial score (nSPS) is 20.8. The first-order valence-corrected chi connectivity index (χ1v) is 12.2. The molecule has 7 heteroatoms. The van der Waals surface area contributed by atoms with Crippen molar-refractivity contribution in [2.24, 2.45) is 10.9 Å². The number of nitrogens with zero attached hydrogens (tertiary/aromatic N) is 3. The highest BCUT2D eigenvalue weighted by atomic mass is 32.1. The van der Waals surface area contributed by atoms with Gasteiger partial charge < -0.3 is 20.3 Å². The van der Waals surface area contributed by atoms with Crippen LogP contribution in [0.2, 0.25) is 0 Å². The fraction of sp³-hybridized carbons (Fsp3) is 0.542. The van der Waals surface area contributed by atoms with E-state index in [-0.39, 0.29) is 0 Å². The van der Waals surface area contributed by atoms with E-state index < -0.39 is 0 Å². The number of ether oxygens (including phenoxy) is 1. The standard InChI is InChI=1S/C24H35N5OS/c1-25-24(26-16-19-9-12-28(13-10-19)18-21-6-5-15-31-21)27-20-11-14-29(17-20)22-7-3-4-8-23(22)30-2/h3-8,15,19-20H,9-14,16-18H2,1-2H3,(H2,25,26,27). The van der Waals surface area contributed by atoms with Gasteiger partial charge in [0.05, 0.1) is 12.8 Å². The quantitative estimate of drug-likeness (QED) is 0.509. The topological polar surface area (TPSA) is 52.1 Å². The van der Waals surface area contributed by atoms with Gasteiger partial charge in [-0.15, -0.1) is 11.3 Å². The van der Waals surface area contributed by atoms with Crippen LogP contribution in [0.5, 0.6) is 5.75 Å². The van der Waals surface area contributed by atoms with Gasteiger partial charge in [0, 0.05) is 44.1 Å². The number of aliphatic imine (C=N–C) groups is 1. The molecule has 1 aromatic carbocycles. The fourth-order valence-electron chi connectivity index (χ4n) is 4.59. The zero-order valence-corrected chi connectivity index (χ0v) is 19.5. The first-order valence-electron chi connectivity index (χ1n) is 11.3. The van der Waals surface area contributed by atoms with Crippen molar-refractivity contribution >= 4 is 23.0 Å². The number of rotatable bonds is 7. The van der Waals surface area contributed by atoms with Gasteiger partial charge >= 0.3 is 0 Å². The Morgan fingerprint density at radius 2 is 1.97 bits per heavy atom. The Hall–Kier alpha value is -2.25. The van der Waals surface area contributed by atoms with Crippen molar-refractivity contribution in [3.8, 4) is 5.75 Å². The van der Waals surface area contributed by atoms with E-state index in [1.807, 2.05) is 30.5 Å². The maximum absolute atomic E-state index is 5.54. The lowest BCUT2D eigenvalue weighted by molar-refractivity contribution is 0.179. The molecule has 0 amide bonds. The minimum atomic E-state index is 0.392. The third-order valence-corrected chi connectivity index (χ3v) is 7.26. The number of methoxy groups -OCH3 is 1. The molecule has 2 fully saturated rings. The number of para-hydroxylation sites is 2. The number of nitrogens with one attached hydrogen (secondary N) is 2. The van der Waals surface area contributed by atoms with Gasteiger partial charge in [0.1, 0.15) is 5.75 Å². The van der Waals surface area contributed by atoms with Crippen LogP contribution in [0, 0.1) is 5.92 Å². The molecule has 1 atom stereocenters. The highest BCUT2D eigenvalue weighted by molar-refractivity contribution is 7.09. The summed E-state index contributed by atoms with van der Waals surface area (Å²) in [5.74, 6) is 2.58. The molecule has 0 bridgehead atoms. The van der Waals surface area contributed by atoms with Crippen LogP contribution in [-0.2, 0) is 6.54 Å². The average molecular weight is 442 g/mol. The van der Waals surface area contributed by atoms with E-state index in [4.69, 9.17) is 4.74 Å². The number of anilines is 1. The van der Waals surface area contributed by atoms with Gasteiger partial charge in [-0.1, -0.05) is 18.2 Å². The molecule has 6 nitrogen and oxygen atoms in total. The van der Waals surface area contributed by atoms with Crippen molar-refractivity contribution in [2.75, 3.05) is 51.8 Å². The zero-order valence-electron chi connectivity index (χ0n) is 18.7. The monoisotopic (exact) mass is 441 g/mol. The van der Waals surface area contributed by atoms with Crippen LogP contribution in [-0.4, -0.2) is 63.8 Å². The van der Waals surface area contributed by atoms with Crippen LogP contribution in [0.3, 0.4) is 0 Å². The van der Waals surface area contributed by atoms with Crippen LogP contribution in [0.4, 0.5) is 5.69 Å². The molecule has 2 N–H and O–H groups in total. The van der Waals surface area contributed by atoms with Crippen LogP contribution in [0.1, 0.15) is 24.1 Å². The van der Waals surface area contributed by atoms with Crippen LogP contribution in [0.25, 0.3) is 0 Å². The number of likely N-dealkylation sites (tertiary alicyclic amines) is 1. The molecule has 2 aromatic rings. The maximum Gasteiger partial charge on any atom is 0.191 e. The Labute approximate surface area is 190 Å². The lowest BCUT2D eigenvalue weighted by Crippen LogP contribution is -2.47. The summed E-state index contributed by atoms with van der Waals surface area (Å²) in [6.45, 7) is 6.46. The van der Waals surface area contributed by atoms with Crippen molar-refractivity contribution in [1.29, 1.82) is 0 Å². The SMILES string of the molecule is CN=C(NCC1CCN(Cc2cccs2)CC1)NC1CCN(c2ccccc2OC)C1. The van der Waals surface area contributed by atoms with Gasteiger partial charge in [-0.3, -0.25) is 9.89 Å². The molecule has 2 aliphatic heterocycles. The summed E-state index contributed by atoms with van der Waals surface area (Å²) in [6.07, 6.45) is 3.60. The molecule has 168 valence electrons. The summed E-state index contributed by atoms with van der Waals surface area (Å²) in [5.41, 5.74) is 1.17. The molecule has 0 spiro atoms. The Kier molecular flexibility index (Phi) is 7.70. The van der Waals surface area contributed by atoms with Crippen LogP contribution >= 0.6 is 11.3 Å². The van der Waals surface area contributed by atoms with Crippen LogP contribution < -0.4 is 20.3 Å². The fourth-order valence-corrected chi connectivity index (χ4v) is 5.33. The Morgan fingerprint density at radius 1 is 1.13 bits per heavy atom. The molecule has 0 saturated carbocycles. The molecular weight excluding hydrogens is 406 g/mol. The summed E-state index contributed by atoms with van der Waals surface area (Å²) < 4.78 is 5.54. The number of thiophene rings is 1. The van der Waals surface area contributed by atoms with Gasteiger partial charge in [-0.05, 0) is 61.8 Å². The molecule has 4 rings (SSSR count). The number of benzene rings is 1. The van der Waals surface area contributed by atoms with Crippen molar-refractivity contribution < 1.29 is 4.74 Å². The predicted octanol–water partition coefficient (Wildman–Crippen LogP) is 3.41. The summed E-state index contributed by atoms with van der Waals surface area (Å²) in [7, 11) is 3.61. The molecule has 1 aromatic heterocycles. The molecule has 0 radical (unpaired) electrons. The van der Waals surface area contributed by atoms with Gasteiger partial charge in [-0.2, -0.15) is 0 Å². The first-order chi connectivity index (χ1) is 15.2. The summed E-state index contributed by atoms with van der Waals surface area (Å²) >= 11 is 1.86. The molecule has 31 heavy (non-hydrogen) atoms. The van der Waals surface area contributed by atoms with E-state index in [2.05, 4.69) is 55.1 Å². The van der Waals surface area contributed by atoms with E-state index in [0.717, 1.165) is 44.3 Å². The third kappa shape index (κ3) is 5.92. The maximum atomic E-state index is 5.54. The zero-order chi connectivity index (χ0) is 21.5. The second kappa shape index (κ2) is 10.9. The third-order valence-electron chi connectivity index (χ3n) is 6.40. The Morgan fingerprint density at radius 3 is 2.71 bits per heavy atom. The van der Waals surface area contributed by atoms with Crippen molar-refractivity contribution in [3.63, 3.8) is 0 Å². The summed E-state index contributed by atoms with van der Waals surface area (Å²) in [6, 6.07) is 13.0. The number of hydrogen-bond acceptors (Lipinski definition) is 5. The molecule has 2 aliphatic rings. The Balaban J connectivity index is 1.19. The second-order valence-electron chi connectivity index (χ2n) is 8.50. The van der Waals surface area contributed by atoms with Gasteiger partial charge in [0.15, 0.2) is 5.96 Å². The van der Waals surface area contributed by atoms with Gasteiger partial charge in [0.2, 0.25) is 0 Å². The van der Waals surface area contributed by atoms with Crippen molar-refractivity contribution in [1.82, 2.24) is 15.5 Å². The highest BCUT2D eigenvalue weighted by Crippen LogP contribution is 2.30. The van der Waals surface area contributed by atoms with Crippen molar-refractivity contribution in [2.45, 2.75) is 31.8 Å². The van der Waals surface area contributed by atoms with E-state index in [1.165, 1.54) is 36.5 Å². The first kappa shape index (κ1) is 22.0. The molecule has 1 unspecified atom stereocenters. The lowest BCUT2D eigenvalue weighted by atomic mass is 9.97. The molecule has 2 saturated heterocycles. The second-order valence-corrected chi connectivity index (χ2v) is 9.53. The smallest absolute Gasteiger partial charge is 0.191 e. The predicted molar refractivity (Wildman–Crippen MR) is 130 cm³/mol. The van der Waals surface area contributed by atoms with Crippen molar-refractivity contribution in [3.05, 3.63) is 46.7 Å². The summed E-state index contributed by atoms with van der Waals surface area (Å²) in [4.78, 5) is 10.9.